The first-order valence-electron chi connectivity index (χ1n) is 12.2. The maximum atomic E-state index is 12.3. The van der Waals surface area contributed by atoms with Crippen molar-refractivity contribution in [1.82, 2.24) is 0 Å². The second-order valence-corrected chi connectivity index (χ2v) is 11.4. The molecule has 0 aromatic carbocycles. The molecular formula is C26H36O5. The van der Waals surface area contributed by atoms with Crippen molar-refractivity contribution in [3.8, 4) is 0 Å². The highest BCUT2D eigenvalue weighted by Crippen LogP contribution is 2.70. The molecule has 0 saturated heterocycles. The number of fused-ring (bicyclic) bond motifs is 5. The molecule has 1 heterocycles. The maximum absolute atomic E-state index is 12.3. The molecule has 170 valence electrons. The Kier molecular flexibility index (Phi) is 4.93. The van der Waals surface area contributed by atoms with Crippen molar-refractivity contribution in [2.75, 3.05) is 0 Å². The van der Waals surface area contributed by atoms with Gasteiger partial charge in [-0.1, -0.05) is 13.8 Å². The van der Waals surface area contributed by atoms with E-state index < -0.39 is 5.60 Å². The lowest BCUT2D eigenvalue weighted by atomic mass is 9.43. The predicted molar refractivity (Wildman–Crippen MR) is 116 cm³/mol. The average molecular weight is 429 g/mol. The lowest BCUT2D eigenvalue weighted by molar-refractivity contribution is -0.207. The van der Waals surface area contributed by atoms with Gasteiger partial charge in [-0.25, -0.2) is 4.79 Å². The predicted octanol–water partition coefficient (Wildman–Crippen LogP) is 4.81. The number of carbonyl (C=O) groups excluding carboxylic acids is 1. The number of rotatable bonds is 2. The van der Waals surface area contributed by atoms with Crippen LogP contribution in [0.25, 0.3) is 0 Å². The fourth-order valence-corrected chi connectivity index (χ4v) is 8.63. The molecule has 1 aromatic heterocycles. The average Bonchev–Trinajstić information content (AvgIpc) is 3.00. The standard InChI is InChI=1S/C26H36O5/c1-16(27)31-19-8-11-24(2)18(14-19)5-6-22-21(24)9-12-25(3)20(10-13-26(22,25)29)17-4-7-23(28)30-15-17/h4,7,15,18-22,29H,5-6,8-14H2,1-3H3. The molecule has 5 heteroatoms. The smallest absolute Gasteiger partial charge is 0.335 e. The van der Waals surface area contributed by atoms with Crippen LogP contribution in [0.2, 0.25) is 0 Å². The van der Waals surface area contributed by atoms with Crippen molar-refractivity contribution >= 4 is 5.97 Å². The largest absolute Gasteiger partial charge is 0.463 e. The Balaban J connectivity index is 1.41. The summed E-state index contributed by atoms with van der Waals surface area (Å²) in [5.41, 5.74) is 0.0949. The molecule has 0 amide bonds. The first-order valence-corrected chi connectivity index (χ1v) is 12.2. The van der Waals surface area contributed by atoms with Gasteiger partial charge in [0.05, 0.1) is 11.9 Å². The van der Waals surface area contributed by atoms with Crippen LogP contribution in [0.15, 0.2) is 27.6 Å². The van der Waals surface area contributed by atoms with Gasteiger partial charge >= 0.3 is 11.6 Å². The van der Waals surface area contributed by atoms with Gasteiger partial charge in [0, 0.05) is 18.4 Å². The molecule has 0 bridgehead atoms. The second-order valence-electron chi connectivity index (χ2n) is 11.4. The fraction of sp³-hybridized carbons (Fsp3) is 0.769. The molecule has 8 unspecified atom stereocenters. The van der Waals surface area contributed by atoms with Gasteiger partial charge in [-0.05, 0) is 98.5 Å². The highest BCUT2D eigenvalue weighted by molar-refractivity contribution is 5.66. The van der Waals surface area contributed by atoms with Crippen LogP contribution in [-0.4, -0.2) is 22.8 Å². The molecule has 31 heavy (non-hydrogen) atoms. The van der Waals surface area contributed by atoms with E-state index in [0.29, 0.717) is 17.8 Å². The zero-order chi connectivity index (χ0) is 22.0. The Morgan fingerprint density at radius 3 is 2.58 bits per heavy atom. The summed E-state index contributed by atoms with van der Waals surface area (Å²) in [5.74, 6) is 1.47. The van der Waals surface area contributed by atoms with Gasteiger partial charge in [-0.2, -0.15) is 0 Å². The quantitative estimate of drug-likeness (QED) is 0.684. The SMILES string of the molecule is CC(=O)OC1CCC2(C)C(CCC3C2CCC2(C)C(c4ccc(=O)oc4)CCC32O)C1. The van der Waals surface area contributed by atoms with Gasteiger partial charge in [0.2, 0.25) is 0 Å². The summed E-state index contributed by atoms with van der Waals surface area (Å²) < 4.78 is 10.8. The van der Waals surface area contributed by atoms with Gasteiger partial charge in [0.25, 0.3) is 0 Å². The number of aliphatic hydroxyl groups is 1. The monoisotopic (exact) mass is 428 g/mol. The minimum absolute atomic E-state index is 0.0627. The topological polar surface area (TPSA) is 76.7 Å². The van der Waals surface area contributed by atoms with Gasteiger partial charge in [-0.15, -0.1) is 0 Å². The van der Waals surface area contributed by atoms with Crippen molar-refractivity contribution in [3.05, 3.63) is 34.4 Å². The first kappa shape index (κ1) is 21.2. The third-order valence-electron chi connectivity index (χ3n) is 10.3. The lowest BCUT2D eigenvalue weighted by Crippen LogP contribution is -2.62. The molecule has 1 N–H and O–H groups in total. The third kappa shape index (κ3) is 3.06. The van der Waals surface area contributed by atoms with Gasteiger partial charge < -0.3 is 14.3 Å². The van der Waals surface area contributed by atoms with Crippen LogP contribution < -0.4 is 5.63 Å². The highest BCUT2D eigenvalue weighted by Gasteiger charge is 2.67. The van der Waals surface area contributed by atoms with Gasteiger partial charge in [0.15, 0.2) is 0 Å². The number of esters is 1. The summed E-state index contributed by atoms with van der Waals surface area (Å²) >= 11 is 0. The minimum atomic E-state index is -0.669. The number of hydrogen-bond acceptors (Lipinski definition) is 5. The Morgan fingerprint density at radius 2 is 1.87 bits per heavy atom. The Bertz CT molecular complexity index is 902. The van der Waals surface area contributed by atoms with Crippen molar-refractivity contribution < 1.29 is 19.1 Å². The van der Waals surface area contributed by atoms with E-state index in [9.17, 15) is 14.7 Å². The molecule has 8 atom stereocenters. The number of hydrogen-bond donors (Lipinski definition) is 1. The van der Waals surface area contributed by atoms with E-state index >= 15 is 0 Å². The van der Waals surface area contributed by atoms with Crippen LogP contribution in [0, 0.1) is 28.6 Å². The van der Waals surface area contributed by atoms with Crippen molar-refractivity contribution in [3.63, 3.8) is 0 Å². The van der Waals surface area contributed by atoms with E-state index in [0.717, 1.165) is 63.4 Å². The molecule has 0 aliphatic heterocycles. The van der Waals surface area contributed by atoms with E-state index in [1.165, 1.54) is 13.0 Å². The minimum Gasteiger partial charge on any atom is -0.463 e. The van der Waals surface area contributed by atoms with Crippen LogP contribution in [0.4, 0.5) is 0 Å². The van der Waals surface area contributed by atoms with Crippen LogP contribution in [0.3, 0.4) is 0 Å². The summed E-state index contributed by atoms with van der Waals surface area (Å²) in [6.07, 6.45) is 10.8. The summed E-state index contributed by atoms with van der Waals surface area (Å²) in [7, 11) is 0. The summed E-state index contributed by atoms with van der Waals surface area (Å²) in [5, 5.41) is 12.3. The summed E-state index contributed by atoms with van der Waals surface area (Å²) in [6.45, 7) is 6.23. The molecule has 4 aliphatic rings. The Hall–Kier alpha value is -1.62. The number of ether oxygens (including phenoxy) is 1. The van der Waals surface area contributed by atoms with Crippen molar-refractivity contribution in [1.29, 1.82) is 0 Å². The Labute approximate surface area is 184 Å². The highest BCUT2D eigenvalue weighted by atomic mass is 16.5. The summed E-state index contributed by atoms with van der Waals surface area (Å²) in [4.78, 5) is 22.9. The van der Waals surface area contributed by atoms with Gasteiger partial charge in [0.1, 0.15) is 6.10 Å². The molecule has 5 rings (SSSR count). The van der Waals surface area contributed by atoms with E-state index in [1.807, 2.05) is 6.07 Å². The van der Waals surface area contributed by atoms with Crippen LogP contribution in [0.5, 0.6) is 0 Å². The lowest BCUT2D eigenvalue weighted by Gasteiger charge is -2.63. The normalized spacial score (nSPS) is 46.5. The van der Waals surface area contributed by atoms with Crippen molar-refractivity contribution in [2.45, 2.75) is 96.2 Å². The molecule has 5 nitrogen and oxygen atoms in total. The maximum Gasteiger partial charge on any atom is 0.335 e. The molecule has 4 aliphatic carbocycles. The van der Waals surface area contributed by atoms with Gasteiger partial charge in [-0.3, -0.25) is 4.79 Å². The van der Waals surface area contributed by atoms with E-state index in [-0.39, 0.29) is 34.4 Å². The van der Waals surface area contributed by atoms with Crippen LogP contribution >= 0.6 is 0 Å². The Morgan fingerprint density at radius 1 is 1.06 bits per heavy atom. The first-order chi connectivity index (χ1) is 14.7. The fourth-order valence-electron chi connectivity index (χ4n) is 8.63. The van der Waals surface area contributed by atoms with Crippen LogP contribution in [-0.2, 0) is 9.53 Å². The summed E-state index contributed by atoms with van der Waals surface area (Å²) in [6, 6.07) is 3.41. The molecule has 4 saturated carbocycles. The molecule has 4 fully saturated rings. The third-order valence-corrected chi connectivity index (χ3v) is 10.3. The zero-order valence-corrected chi connectivity index (χ0v) is 19.1. The van der Waals surface area contributed by atoms with Crippen LogP contribution in [0.1, 0.15) is 90.0 Å². The van der Waals surface area contributed by atoms with E-state index in [2.05, 4.69) is 13.8 Å². The molecular weight excluding hydrogens is 392 g/mol. The van der Waals surface area contributed by atoms with E-state index in [1.54, 1.807) is 6.26 Å². The molecule has 0 radical (unpaired) electrons. The molecule has 0 spiro atoms. The second kappa shape index (κ2) is 7.19. The molecule has 1 aromatic rings. The van der Waals surface area contributed by atoms with E-state index in [4.69, 9.17) is 9.15 Å². The zero-order valence-electron chi connectivity index (χ0n) is 19.1. The van der Waals surface area contributed by atoms with Crippen molar-refractivity contribution in [2.24, 2.45) is 28.6 Å². The number of carbonyl (C=O) groups is 1.